The van der Waals surface area contributed by atoms with Crippen molar-refractivity contribution < 1.29 is 4.74 Å². The summed E-state index contributed by atoms with van der Waals surface area (Å²) in [6, 6.07) is 0. The number of hydrogen-bond acceptors (Lipinski definition) is 2. The Hall–Kier alpha value is -0.570. The van der Waals surface area contributed by atoms with E-state index in [0.29, 0.717) is 12.4 Å². The lowest BCUT2D eigenvalue weighted by molar-refractivity contribution is 0.0468. The number of nitrogens with zero attached hydrogens (tertiary/aromatic N) is 1. The molecular weight excluding hydrogens is 140 g/mol. The highest BCUT2D eigenvalue weighted by atomic mass is 16.5. The Bertz CT molecular complexity index is 155. The van der Waals surface area contributed by atoms with Crippen molar-refractivity contribution >= 4 is 5.84 Å². The zero-order chi connectivity index (χ0) is 8.32. The first-order valence-corrected chi connectivity index (χ1v) is 4.02. The summed E-state index contributed by atoms with van der Waals surface area (Å²) in [6.07, 6.45) is 2.18. The molecule has 1 rings (SSSR count). The van der Waals surface area contributed by atoms with Crippen LogP contribution in [0.5, 0.6) is 0 Å². The fraction of sp³-hybridized carbons (Fsp3) is 0.875. The summed E-state index contributed by atoms with van der Waals surface area (Å²) in [5.74, 6) is 0.651. The number of rotatable bonds is 1. The van der Waals surface area contributed by atoms with Gasteiger partial charge in [0.25, 0.3) is 0 Å². The van der Waals surface area contributed by atoms with Gasteiger partial charge in [0, 0.05) is 6.61 Å². The summed E-state index contributed by atoms with van der Waals surface area (Å²) in [4.78, 5) is 4.34. The van der Waals surface area contributed by atoms with Gasteiger partial charge in [-0.1, -0.05) is 0 Å². The van der Waals surface area contributed by atoms with Crippen LogP contribution < -0.4 is 5.73 Å². The van der Waals surface area contributed by atoms with E-state index in [1.54, 1.807) is 0 Å². The summed E-state index contributed by atoms with van der Waals surface area (Å²) in [5, 5.41) is 0. The summed E-state index contributed by atoms with van der Waals surface area (Å²) in [7, 11) is 0. The predicted octanol–water partition coefficient (Wildman–Crippen LogP) is 0.933. The standard InChI is InChI=1S/C8H16N2O/c1-7(9)10-8(2)4-3-5-11-6-8/h3-6H2,1-2H3,(H2,9,10). The molecule has 3 nitrogen and oxygen atoms in total. The molecule has 3 heteroatoms. The zero-order valence-electron chi connectivity index (χ0n) is 7.26. The minimum Gasteiger partial charge on any atom is -0.388 e. The summed E-state index contributed by atoms with van der Waals surface area (Å²) in [6.45, 7) is 5.48. The van der Waals surface area contributed by atoms with E-state index in [1.807, 2.05) is 6.92 Å². The molecule has 0 radical (unpaired) electrons. The zero-order valence-corrected chi connectivity index (χ0v) is 7.26. The van der Waals surface area contributed by atoms with Gasteiger partial charge >= 0.3 is 0 Å². The van der Waals surface area contributed by atoms with E-state index in [9.17, 15) is 0 Å². The molecule has 1 heterocycles. The van der Waals surface area contributed by atoms with Gasteiger partial charge in [-0.2, -0.15) is 0 Å². The van der Waals surface area contributed by atoms with Crippen molar-refractivity contribution in [3.8, 4) is 0 Å². The van der Waals surface area contributed by atoms with Crippen molar-refractivity contribution in [2.24, 2.45) is 10.7 Å². The van der Waals surface area contributed by atoms with Gasteiger partial charge in [0.05, 0.1) is 18.0 Å². The second-order valence-corrected chi connectivity index (χ2v) is 3.41. The molecule has 1 atom stereocenters. The van der Waals surface area contributed by atoms with Crippen LogP contribution in [0.1, 0.15) is 26.7 Å². The van der Waals surface area contributed by atoms with Gasteiger partial charge in [0.2, 0.25) is 0 Å². The van der Waals surface area contributed by atoms with Crippen LogP contribution in [0.2, 0.25) is 0 Å². The van der Waals surface area contributed by atoms with Crippen LogP contribution in [0, 0.1) is 0 Å². The first-order valence-electron chi connectivity index (χ1n) is 4.02. The predicted molar refractivity (Wildman–Crippen MR) is 45.8 cm³/mol. The van der Waals surface area contributed by atoms with Crippen LogP contribution in [0.25, 0.3) is 0 Å². The molecular formula is C8H16N2O. The van der Waals surface area contributed by atoms with Crippen molar-refractivity contribution in [3.63, 3.8) is 0 Å². The Balaban J connectivity index is 2.57. The molecule has 64 valence electrons. The summed E-state index contributed by atoms with van der Waals surface area (Å²) >= 11 is 0. The lowest BCUT2D eigenvalue weighted by Crippen LogP contribution is -2.35. The van der Waals surface area contributed by atoms with Crippen molar-refractivity contribution in [1.29, 1.82) is 0 Å². The molecule has 0 aliphatic carbocycles. The molecule has 0 amide bonds. The molecule has 0 aromatic carbocycles. The molecule has 1 unspecified atom stereocenters. The Morgan fingerprint density at radius 1 is 1.64 bits per heavy atom. The van der Waals surface area contributed by atoms with Crippen LogP contribution in [0.4, 0.5) is 0 Å². The average Bonchev–Trinajstić information content (AvgIpc) is 1.85. The fourth-order valence-corrected chi connectivity index (χ4v) is 1.43. The Morgan fingerprint density at radius 3 is 2.82 bits per heavy atom. The van der Waals surface area contributed by atoms with Gasteiger partial charge < -0.3 is 10.5 Å². The number of hydrogen-bond donors (Lipinski definition) is 1. The Morgan fingerprint density at radius 2 is 2.36 bits per heavy atom. The van der Waals surface area contributed by atoms with Crippen molar-refractivity contribution in [2.45, 2.75) is 32.2 Å². The second kappa shape index (κ2) is 3.22. The molecule has 0 spiro atoms. The number of ether oxygens (including phenoxy) is 1. The molecule has 1 aliphatic heterocycles. The van der Waals surface area contributed by atoms with E-state index in [0.717, 1.165) is 19.4 Å². The maximum Gasteiger partial charge on any atom is 0.0913 e. The lowest BCUT2D eigenvalue weighted by Gasteiger charge is -2.29. The van der Waals surface area contributed by atoms with Crippen molar-refractivity contribution in [2.75, 3.05) is 13.2 Å². The van der Waals surface area contributed by atoms with Gasteiger partial charge in [-0.15, -0.1) is 0 Å². The fourth-order valence-electron chi connectivity index (χ4n) is 1.43. The molecule has 0 bridgehead atoms. The second-order valence-electron chi connectivity index (χ2n) is 3.41. The molecule has 1 fully saturated rings. The largest absolute Gasteiger partial charge is 0.388 e. The van der Waals surface area contributed by atoms with Crippen LogP contribution in [0.3, 0.4) is 0 Å². The van der Waals surface area contributed by atoms with E-state index in [-0.39, 0.29) is 5.54 Å². The Kier molecular flexibility index (Phi) is 2.49. The lowest BCUT2D eigenvalue weighted by atomic mass is 9.96. The van der Waals surface area contributed by atoms with Crippen LogP contribution in [-0.2, 0) is 4.74 Å². The number of amidine groups is 1. The SMILES string of the molecule is CC(N)=NC1(C)CCCOC1. The topological polar surface area (TPSA) is 47.6 Å². The van der Waals surface area contributed by atoms with E-state index in [2.05, 4.69) is 11.9 Å². The molecule has 0 aromatic heterocycles. The highest BCUT2D eigenvalue weighted by Crippen LogP contribution is 2.22. The molecule has 2 N–H and O–H groups in total. The maximum absolute atomic E-state index is 5.50. The van der Waals surface area contributed by atoms with E-state index in [4.69, 9.17) is 10.5 Å². The van der Waals surface area contributed by atoms with E-state index in [1.165, 1.54) is 0 Å². The van der Waals surface area contributed by atoms with E-state index >= 15 is 0 Å². The normalized spacial score (nSPS) is 33.8. The van der Waals surface area contributed by atoms with Gasteiger partial charge in [-0.25, -0.2) is 0 Å². The summed E-state index contributed by atoms with van der Waals surface area (Å²) in [5.41, 5.74) is 5.44. The molecule has 0 saturated carbocycles. The van der Waals surface area contributed by atoms with Gasteiger partial charge in [0.1, 0.15) is 0 Å². The Labute approximate surface area is 67.6 Å². The highest BCUT2D eigenvalue weighted by Gasteiger charge is 2.26. The first-order chi connectivity index (χ1) is 5.12. The average molecular weight is 156 g/mol. The minimum absolute atomic E-state index is 0.0584. The van der Waals surface area contributed by atoms with E-state index < -0.39 is 0 Å². The van der Waals surface area contributed by atoms with Gasteiger partial charge in [0.15, 0.2) is 0 Å². The van der Waals surface area contributed by atoms with Crippen LogP contribution in [0.15, 0.2) is 4.99 Å². The minimum atomic E-state index is -0.0584. The maximum atomic E-state index is 5.50. The number of nitrogens with two attached hydrogens (primary N) is 1. The van der Waals surface area contributed by atoms with Crippen molar-refractivity contribution in [3.05, 3.63) is 0 Å². The monoisotopic (exact) mass is 156 g/mol. The first kappa shape index (κ1) is 8.53. The van der Waals surface area contributed by atoms with Crippen molar-refractivity contribution in [1.82, 2.24) is 0 Å². The quantitative estimate of drug-likeness (QED) is 0.453. The smallest absolute Gasteiger partial charge is 0.0913 e. The molecule has 1 aliphatic rings. The number of aliphatic imine (C=N–C) groups is 1. The van der Waals surface area contributed by atoms with Gasteiger partial charge in [-0.3, -0.25) is 4.99 Å². The van der Waals surface area contributed by atoms with Gasteiger partial charge in [-0.05, 0) is 26.7 Å². The molecule has 11 heavy (non-hydrogen) atoms. The third-order valence-electron chi connectivity index (χ3n) is 1.86. The summed E-state index contributed by atoms with van der Waals surface area (Å²) < 4.78 is 5.32. The van der Waals surface area contributed by atoms with Crippen LogP contribution >= 0.6 is 0 Å². The third-order valence-corrected chi connectivity index (χ3v) is 1.86. The highest BCUT2D eigenvalue weighted by molar-refractivity contribution is 5.77. The molecule has 1 saturated heterocycles. The molecule has 0 aromatic rings. The van der Waals surface area contributed by atoms with Crippen LogP contribution in [-0.4, -0.2) is 24.6 Å². The third kappa shape index (κ3) is 2.50.